The zero-order valence-corrected chi connectivity index (χ0v) is 10.5. The summed E-state index contributed by atoms with van der Waals surface area (Å²) < 4.78 is 0. The zero-order valence-electron chi connectivity index (χ0n) is 9.66. The molecule has 0 saturated carbocycles. The Balaban J connectivity index is 2.07. The molecule has 0 bridgehead atoms. The minimum absolute atomic E-state index is 0.413. The number of nitrogens with one attached hydrogen (secondary N) is 1. The normalized spacial score (nSPS) is 23.4. The van der Waals surface area contributed by atoms with E-state index >= 15 is 0 Å². The maximum atomic E-state index is 4.51. The van der Waals surface area contributed by atoms with Gasteiger partial charge in [0, 0.05) is 30.2 Å². The van der Waals surface area contributed by atoms with Crippen molar-refractivity contribution >= 4 is 16.5 Å². The smallest absolute Gasteiger partial charge is 0.185 e. The second-order valence-electron chi connectivity index (χ2n) is 4.40. The number of hydrogen-bond donors (Lipinski definition) is 1. The van der Waals surface area contributed by atoms with Gasteiger partial charge in [-0.05, 0) is 26.3 Å². The first-order valence-electron chi connectivity index (χ1n) is 5.58. The van der Waals surface area contributed by atoms with Gasteiger partial charge in [0.15, 0.2) is 5.13 Å². The SMILES string of the molecule is CNC(C)c1cnc(N2CCC(C)C2)s1. The molecule has 84 valence electrons. The highest BCUT2D eigenvalue weighted by atomic mass is 32.1. The van der Waals surface area contributed by atoms with Gasteiger partial charge in [0.2, 0.25) is 0 Å². The van der Waals surface area contributed by atoms with E-state index < -0.39 is 0 Å². The van der Waals surface area contributed by atoms with E-state index in [0.29, 0.717) is 6.04 Å². The molecule has 15 heavy (non-hydrogen) atoms. The first-order chi connectivity index (χ1) is 7.20. The second kappa shape index (κ2) is 4.49. The molecule has 3 nitrogen and oxygen atoms in total. The van der Waals surface area contributed by atoms with Gasteiger partial charge in [0.05, 0.1) is 0 Å². The Hall–Kier alpha value is -0.610. The summed E-state index contributed by atoms with van der Waals surface area (Å²) in [6.45, 7) is 6.82. The number of thiazole rings is 1. The van der Waals surface area contributed by atoms with Crippen LogP contribution in [-0.2, 0) is 0 Å². The fourth-order valence-electron chi connectivity index (χ4n) is 1.87. The molecule has 1 aliphatic heterocycles. The van der Waals surface area contributed by atoms with Crippen molar-refractivity contribution in [3.05, 3.63) is 11.1 Å². The van der Waals surface area contributed by atoms with Crippen LogP contribution in [0.2, 0.25) is 0 Å². The Morgan fingerprint density at radius 2 is 2.47 bits per heavy atom. The first-order valence-corrected chi connectivity index (χ1v) is 6.40. The third-order valence-corrected chi connectivity index (χ3v) is 4.31. The Morgan fingerprint density at radius 1 is 1.67 bits per heavy atom. The molecule has 2 atom stereocenters. The molecule has 1 aliphatic rings. The Bertz CT molecular complexity index is 323. The van der Waals surface area contributed by atoms with Crippen molar-refractivity contribution in [2.24, 2.45) is 5.92 Å². The quantitative estimate of drug-likeness (QED) is 0.855. The van der Waals surface area contributed by atoms with E-state index in [4.69, 9.17) is 0 Å². The van der Waals surface area contributed by atoms with Crippen molar-refractivity contribution in [2.75, 3.05) is 25.0 Å². The molecule has 1 fully saturated rings. The van der Waals surface area contributed by atoms with Gasteiger partial charge in [-0.15, -0.1) is 11.3 Å². The summed E-state index contributed by atoms with van der Waals surface area (Å²) in [6.07, 6.45) is 3.31. The second-order valence-corrected chi connectivity index (χ2v) is 5.44. The molecule has 0 radical (unpaired) electrons. The third-order valence-electron chi connectivity index (χ3n) is 3.07. The standard InChI is InChI=1S/C11H19N3S/c1-8-4-5-14(7-8)11-13-6-10(15-11)9(2)12-3/h6,8-9,12H,4-5,7H2,1-3H3. The van der Waals surface area contributed by atoms with Gasteiger partial charge < -0.3 is 10.2 Å². The van der Waals surface area contributed by atoms with Crippen LogP contribution >= 0.6 is 11.3 Å². The number of aromatic nitrogens is 1. The van der Waals surface area contributed by atoms with Crippen molar-refractivity contribution in [2.45, 2.75) is 26.3 Å². The van der Waals surface area contributed by atoms with Crippen LogP contribution in [0.4, 0.5) is 5.13 Å². The highest BCUT2D eigenvalue weighted by molar-refractivity contribution is 7.15. The maximum Gasteiger partial charge on any atom is 0.185 e. The summed E-state index contributed by atoms with van der Waals surface area (Å²) in [5.41, 5.74) is 0. The minimum atomic E-state index is 0.413. The van der Waals surface area contributed by atoms with Crippen LogP contribution in [-0.4, -0.2) is 25.1 Å². The third kappa shape index (κ3) is 2.32. The summed E-state index contributed by atoms with van der Waals surface area (Å²) in [4.78, 5) is 8.24. The molecule has 1 aromatic rings. The topological polar surface area (TPSA) is 28.2 Å². The van der Waals surface area contributed by atoms with E-state index in [9.17, 15) is 0 Å². The van der Waals surface area contributed by atoms with Crippen molar-refractivity contribution in [1.82, 2.24) is 10.3 Å². The zero-order chi connectivity index (χ0) is 10.8. The Morgan fingerprint density at radius 3 is 3.07 bits per heavy atom. The van der Waals surface area contributed by atoms with E-state index in [1.165, 1.54) is 29.5 Å². The fourth-order valence-corrected chi connectivity index (χ4v) is 2.89. The molecule has 1 N–H and O–H groups in total. The predicted molar refractivity (Wildman–Crippen MR) is 65.6 cm³/mol. The lowest BCUT2D eigenvalue weighted by Gasteiger charge is -2.13. The van der Waals surface area contributed by atoms with Crippen molar-refractivity contribution in [3.63, 3.8) is 0 Å². The van der Waals surface area contributed by atoms with Crippen molar-refractivity contribution in [3.8, 4) is 0 Å². The van der Waals surface area contributed by atoms with Crippen LogP contribution in [0.25, 0.3) is 0 Å². The van der Waals surface area contributed by atoms with E-state index in [-0.39, 0.29) is 0 Å². The molecule has 1 saturated heterocycles. The van der Waals surface area contributed by atoms with Gasteiger partial charge in [-0.3, -0.25) is 0 Å². The lowest BCUT2D eigenvalue weighted by Crippen LogP contribution is -2.18. The molecule has 4 heteroatoms. The molecule has 0 spiro atoms. The van der Waals surface area contributed by atoms with Gasteiger partial charge in [-0.25, -0.2) is 4.98 Å². The van der Waals surface area contributed by atoms with Gasteiger partial charge in [-0.1, -0.05) is 6.92 Å². The molecule has 2 rings (SSSR count). The van der Waals surface area contributed by atoms with Crippen LogP contribution in [0, 0.1) is 5.92 Å². The Labute approximate surface area is 95.5 Å². The monoisotopic (exact) mass is 225 g/mol. The fraction of sp³-hybridized carbons (Fsp3) is 0.727. The molecule has 1 aromatic heterocycles. The van der Waals surface area contributed by atoms with Gasteiger partial charge in [0.25, 0.3) is 0 Å². The molecule has 0 amide bonds. The maximum absolute atomic E-state index is 4.51. The summed E-state index contributed by atoms with van der Waals surface area (Å²) in [5.74, 6) is 0.819. The summed E-state index contributed by atoms with van der Waals surface area (Å²) in [7, 11) is 1.99. The highest BCUT2D eigenvalue weighted by Crippen LogP contribution is 2.30. The van der Waals surface area contributed by atoms with Gasteiger partial charge >= 0.3 is 0 Å². The van der Waals surface area contributed by atoms with E-state index in [2.05, 4.69) is 29.0 Å². The van der Waals surface area contributed by atoms with Crippen LogP contribution in [0.15, 0.2) is 6.20 Å². The van der Waals surface area contributed by atoms with E-state index in [1.807, 2.05) is 24.6 Å². The van der Waals surface area contributed by atoms with Gasteiger partial charge in [-0.2, -0.15) is 0 Å². The lowest BCUT2D eigenvalue weighted by molar-refractivity contribution is 0.659. The van der Waals surface area contributed by atoms with Crippen LogP contribution in [0.3, 0.4) is 0 Å². The highest BCUT2D eigenvalue weighted by Gasteiger charge is 2.21. The summed E-state index contributed by atoms with van der Waals surface area (Å²) in [5, 5.41) is 4.44. The molecular formula is C11H19N3S. The van der Waals surface area contributed by atoms with Crippen molar-refractivity contribution < 1.29 is 0 Å². The summed E-state index contributed by atoms with van der Waals surface area (Å²) in [6, 6.07) is 0.413. The molecule has 0 aliphatic carbocycles. The van der Waals surface area contributed by atoms with Crippen LogP contribution in [0.5, 0.6) is 0 Å². The summed E-state index contributed by atoms with van der Waals surface area (Å²) >= 11 is 1.82. The molecule has 2 heterocycles. The lowest BCUT2D eigenvalue weighted by atomic mass is 10.2. The van der Waals surface area contributed by atoms with Crippen LogP contribution in [0.1, 0.15) is 31.2 Å². The number of anilines is 1. The van der Waals surface area contributed by atoms with E-state index in [1.54, 1.807) is 0 Å². The minimum Gasteiger partial charge on any atom is -0.348 e. The van der Waals surface area contributed by atoms with E-state index in [0.717, 1.165) is 5.92 Å². The predicted octanol–water partition coefficient (Wildman–Crippen LogP) is 2.27. The first kappa shape index (κ1) is 10.9. The molecular weight excluding hydrogens is 206 g/mol. The number of nitrogens with zero attached hydrogens (tertiary/aromatic N) is 2. The largest absolute Gasteiger partial charge is 0.348 e. The average Bonchev–Trinajstić information content (AvgIpc) is 2.84. The van der Waals surface area contributed by atoms with Crippen molar-refractivity contribution in [1.29, 1.82) is 0 Å². The van der Waals surface area contributed by atoms with Crippen LogP contribution < -0.4 is 10.2 Å². The number of hydrogen-bond acceptors (Lipinski definition) is 4. The number of rotatable bonds is 3. The molecule has 2 unspecified atom stereocenters. The van der Waals surface area contributed by atoms with Gasteiger partial charge in [0.1, 0.15) is 0 Å². The average molecular weight is 225 g/mol. The molecule has 0 aromatic carbocycles. The Kier molecular flexibility index (Phi) is 3.26.